The van der Waals surface area contributed by atoms with Crippen molar-refractivity contribution in [2.45, 2.75) is 26.4 Å². The van der Waals surface area contributed by atoms with Gasteiger partial charge in [0.25, 0.3) is 0 Å². The first-order valence-electron chi connectivity index (χ1n) is 7.08. The fourth-order valence-electron chi connectivity index (χ4n) is 2.06. The molecule has 0 radical (unpaired) electrons. The largest absolute Gasteiger partial charge is 0.492 e. The Morgan fingerprint density at radius 3 is 2.81 bits per heavy atom. The molecule has 0 aliphatic heterocycles. The summed E-state index contributed by atoms with van der Waals surface area (Å²) in [6.45, 7) is 6.84. The molecule has 4 heteroatoms. The number of nitrogens with zero attached hydrogens (tertiary/aromatic N) is 2. The van der Waals surface area contributed by atoms with E-state index < -0.39 is 0 Å². The molecule has 0 spiro atoms. The molecule has 0 unspecified atom stereocenters. The van der Waals surface area contributed by atoms with Crippen LogP contribution in [0, 0.1) is 11.3 Å². The highest BCUT2D eigenvalue weighted by atomic mass is 32.1. The van der Waals surface area contributed by atoms with Gasteiger partial charge in [0, 0.05) is 24.0 Å². The summed E-state index contributed by atoms with van der Waals surface area (Å²) in [6, 6.07) is 14.1. The highest BCUT2D eigenvalue weighted by Gasteiger charge is 2.10. The van der Waals surface area contributed by atoms with Crippen molar-refractivity contribution in [1.29, 1.82) is 5.26 Å². The van der Waals surface area contributed by atoms with Gasteiger partial charge >= 0.3 is 0 Å². The lowest BCUT2D eigenvalue weighted by Gasteiger charge is -2.25. The van der Waals surface area contributed by atoms with Crippen molar-refractivity contribution in [2.24, 2.45) is 0 Å². The van der Waals surface area contributed by atoms with Crippen molar-refractivity contribution in [2.75, 3.05) is 13.2 Å². The van der Waals surface area contributed by atoms with Crippen LogP contribution in [-0.4, -0.2) is 24.1 Å². The van der Waals surface area contributed by atoms with Crippen LogP contribution in [0.1, 0.15) is 24.3 Å². The fourth-order valence-corrected chi connectivity index (χ4v) is 2.79. The van der Waals surface area contributed by atoms with Crippen molar-refractivity contribution >= 4 is 11.3 Å². The molecule has 0 atom stereocenters. The Morgan fingerprint density at radius 2 is 2.14 bits per heavy atom. The summed E-state index contributed by atoms with van der Waals surface area (Å²) in [5, 5.41) is 11.0. The third-order valence-corrected chi connectivity index (χ3v) is 4.14. The molecule has 1 aromatic heterocycles. The van der Waals surface area contributed by atoms with Crippen LogP contribution in [-0.2, 0) is 6.54 Å². The van der Waals surface area contributed by atoms with Gasteiger partial charge in [-0.15, -0.1) is 11.3 Å². The Balaban J connectivity index is 1.86. The van der Waals surface area contributed by atoms with Gasteiger partial charge in [-0.3, -0.25) is 4.90 Å². The van der Waals surface area contributed by atoms with Gasteiger partial charge in [-0.1, -0.05) is 12.1 Å². The van der Waals surface area contributed by atoms with E-state index in [1.54, 1.807) is 23.5 Å². The Morgan fingerprint density at radius 1 is 1.29 bits per heavy atom. The van der Waals surface area contributed by atoms with Gasteiger partial charge in [-0.05, 0) is 43.5 Å². The standard InChI is InChI=1S/C17H20N2OS/c1-14(2)19(13-17-7-4-10-21-17)8-9-20-16-6-3-5-15(11-16)12-18/h3-7,10-11,14H,8-9,13H2,1-2H3. The highest BCUT2D eigenvalue weighted by Crippen LogP contribution is 2.15. The Bertz CT molecular complexity index is 587. The monoisotopic (exact) mass is 300 g/mol. The minimum absolute atomic E-state index is 0.473. The molecule has 110 valence electrons. The fraction of sp³-hybridized carbons (Fsp3) is 0.353. The van der Waals surface area contributed by atoms with E-state index in [0.29, 0.717) is 18.2 Å². The van der Waals surface area contributed by atoms with E-state index >= 15 is 0 Å². The molecule has 1 heterocycles. The van der Waals surface area contributed by atoms with E-state index in [2.05, 4.69) is 42.3 Å². The third kappa shape index (κ3) is 4.89. The molecular formula is C17H20N2OS. The van der Waals surface area contributed by atoms with Crippen molar-refractivity contribution < 1.29 is 4.74 Å². The lowest BCUT2D eigenvalue weighted by Crippen LogP contribution is -2.33. The maximum atomic E-state index is 8.88. The number of benzene rings is 1. The van der Waals surface area contributed by atoms with Gasteiger partial charge in [-0.25, -0.2) is 0 Å². The van der Waals surface area contributed by atoms with Crippen LogP contribution in [0.25, 0.3) is 0 Å². The molecule has 0 aliphatic carbocycles. The molecule has 2 aromatic rings. The Hall–Kier alpha value is -1.83. The van der Waals surface area contributed by atoms with Crippen molar-refractivity contribution in [1.82, 2.24) is 4.90 Å². The summed E-state index contributed by atoms with van der Waals surface area (Å²) in [7, 11) is 0. The first-order chi connectivity index (χ1) is 10.2. The van der Waals surface area contributed by atoms with Crippen LogP contribution in [0.5, 0.6) is 5.75 Å². The predicted octanol–water partition coefficient (Wildman–Crippen LogP) is 3.91. The zero-order valence-corrected chi connectivity index (χ0v) is 13.3. The highest BCUT2D eigenvalue weighted by molar-refractivity contribution is 7.09. The minimum atomic E-state index is 0.473. The summed E-state index contributed by atoms with van der Waals surface area (Å²) in [4.78, 5) is 3.76. The Kier molecular flexibility index (Phi) is 5.79. The quantitative estimate of drug-likeness (QED) is 0.778. The number of hydrogen-bond acceptors (Lipinski definition) is 4. The van der Waals surface area contributed by atoms with E-state index in [1.165, 1.54) is 4.88 Å². The van der Waals surface area contributed by atoms with E-state index in [9.17, 15) is 0 Å². The molecule has 0 aliphatic rings. The van der Waals surface area contributed by atoms with Gasteiger partial charge < -0.3 is 4.74 Å². The smallest absolute Gasteiger partial charge is 0.120 e. The first-order valence-corrected chi connectivity index (χ1v) is 7.96. The van der Waals surface area contributed by atoms with Gasteiger partial charge in [0.2, 0.25) is 0 Å². The molecule has 0 saturated heterocycles. The van der Waals surface area contributed by atoms with E-state index in [4.69, 9.17) is 10.00 Å². The van der Waals surface area contributed by atoms with E-state index in [-0.39, 0.29) is 0 Å². The maximum Gasteiger partial charge on any atom is 0.120 e. The summed E-state index contributed by atoms with van der Waals surface area (Å²) >= 11 is 1.78. The van der Waals surface area contributed by atoms with Crippen LogP contribution in [0.2, 0.25) is 0 Å². The molecular weight excluding hydrogens is 280 g/mol. The number of ether oxygens (including phenoxy) is 1. The van der Waals surface area contributed by atoms with Crippen LogP contribution in [0.3, 0.4) is 0 Å². The third-order valence-electron chi connectivity index (χ3n) is 3.28. The molecule has 21 heavy (non-hydrogen) atoms. The number of hydrogen-bond donors (Lipinski definition) is 0. The maximum absolute atomic E-state index is 8.88. The normalized spacial score (nSPS) is 10.8. The van der Waals surface area contributed by atoms with Gasteiger partial charge in [0.1, 0.15) is 12.4 Å². The Labute approximate surface area is 130 Å². The van der Waals surface area contributed by atoms with Crippen molar-refractivity contribution in [3.63, 3.8) is 0 Å². The summed E-state index contributed by atoms with van der Waals surface area (Å²) in [5.74, 6) is 0.758. The topological polar surface area (TPSA) is 36.3 Å². The molecule has 0 saturated carbocycles. The van der Waals surface area contributed by atoms with Crippen LogP contribution >= 0.6 is 11.3 Å². The second-order valence-electron chi connectivity index (χ2n) is 5.13. The average molecular weight is 300 g/mol. The summed E-state index contributed by atoms with van der Waals surface area (Å²) in [6.07, 6.45) is 0. The lowest BCUT2D eigenvalue weighted by molar-refractivity contribution is 0.170. The average Bonchev–Trinajstić information content (AvgIpc) is 2.99. The zero-order valence-electron chi connectivity index (χ0n) is 12.5. The van der Waals surface area contributed by atoms with Gasteiger partial charge in [-0.2, -0.15) is 5.26 Å². The summed E-state index contributed by atoms with van der Waals surface area (Å²) in [5.41, 5.74) is 0.631. The SMILES string of the molecule is CC(C)N(CCOc1cccc(C#N)c1)Cc1cccs1. The zero-order chi connectivity index (χ0) is 15.1. The van der Waals surface area contributed by atoms with Crippen LogP contribution in [0.15, 0.2) is 41.8 Å². The second kappa shape index (κ2) is 7.82. The van der Waals surface area contributed by atoms with Gasteiger partial charge in [0.15, 0.2) is 0 Å². The van der Waals surface area contributed by atoms with Gasteiger partial charge in [0.05, 0.1) is 11.6 Å². The van der Waals surface area contributed by atoms with Crippen LogP contribution in [0.4, 0.5) is 0 Å². The van der Waals surface area contributed by atoms with Crippen molar-refractivity contribution in [3.8, 4) is 11.8 Å². The second-order valence-corrected chi connectivity index (χ2v) is 6.16. The lowest BCUT2D eigenvalue weighted by atomic mass is 10.2. The van der Waals surface area contributed by atoms with Crippen LogP contribution < -0.4 is 4.74 Å². The minimum Gasteiger partial charge on any atom is -0.492 e. The molecule has 1 aromatic carbocycles. The molecule has 0 fully saturated rings. The number of nitriles is 1. The molecule has 0 N–H and O–H groups in total. The predicted molar refractivity (Wildman–Crippen MR) is 86.5 cm³/mol. The molecule has 2 rings (SSSR count). The number of rotatable bonds is 7. The molecule has 3 nitrogen and oxygen atoms in total. The summed E-state index contributed by atoms with van der Waals surface area (Å²) < 4.78 is 5.76. The van der Waals surface area contributed by atoms with E-state index in [0.717, 1.165) is 18.8 Å². The molecule has 0 amide bonds. The van der Waals surface area contributed by atoms with Crippen molar-refractivity contribution in [3.05, 3.63) is 52.2 Å². The first kappa shape index (κ1) is 15.6. The molecule has 0 bridgehead atoms. The van der Waals surface area contributed by atoms with E-state index in [1.807, 2.05) is 12.1 Å². The number of thiophene rings is 1.